The van der Waals surface area contributed by atoms with Crippen LogP contribution < -0.4 is 10.1 Å². The number of piperidine rings is 1. The number of nitrogens with zero attached hydrogens (tertiary/aromatic N) is 5. The van der Waals surface area contributed by atoms with Crippen LogP contribution in [0.2, 0.25) is 0 Å². The average Bonchev–Trinajstić information content (AvgIpc) is 3.73. The molecule has 12 heteroatoms. The quantitative estimate of drug-likeness (QED) is 0.101. The lowest BCUT2D eigenvalue weighted by molar-refractivity contribution is -0.116. The van der Waals surface area contributed by atoms with E-state index in [4.69, 9.17) is 4.74 Å². The molecule has 7 rings (SSSR count). The van der Waals surface area contributed by atoms with Crippen LogP contribution in [-0.2, 0) is 38.3 Å². The molecule has 2 aliphatic rings. The first-order chi connectivity index (χ1) is 26.7. The maximum Gasteiger partial charge on any atom is 0.256 e. The second kappa shape index (κ2) is 16.5. The molecule has 2 N–H and O–H groups in total. The zero-order chi connectivity index (χ0) is 38.5. The number of aryl methyl sites for hydroxylation is 2. The van der Waals surface area contributed by atoms with Gasteiger partial charge in [0, 0.05) is 75.7 Å². The number of ketones is 2. The minimum absolute atomic E-state index is 0.0238. The van der Waals surface area contributed by atoms with E-state index in [2.05, 4.69) is 15.3 Å². The van der Waals surface area contributed by atoms with Crippen molar-refractivity contribution in [3.05, 3.63) is 119 Å². The van der Waals surface area contributed by atoms with Gasteiger partial charge in [0.25, 0.3) is 5.91 Å². The van der Waals surface area contributed by atoms with Crippen molar-refractivity contribution in [3.8, 4) is 17.0 Å². The zero-order valence-corrected chi connectivity index (χ0v) is 31.0. The summed E-state index contributed by atoms with van der Waals surface area (Å²) in [7, 11) is 3.57. The number of rotatable bonds is 14. The van der Waals surface area contributed by atoms with Crippen molar-refractivity contribution in [3.63, 3.8) is 0 Å². The Kier molecular flexibility index (Phi) is 11.1. The molecule has 0 radical (unpaired) electrons. The van der Waals surface area contributed by atoms with Gasteiger partial charge in [-0.05, 0) is 48.9 Å². The Labute approximate surface area is 319 Å². The molecule has 2 aliphatic heterocycles. The smallest absolute Gasteiger partial charge is 0.256 e. The van der Waals surface area contributed by atoms with Gasteiger partial charge >= 0.3 is 0 Å². The number of hydrogen-bond donors (Lipinski definition) is 2. The molecule has 1 saturated heterocycles. The number of aliphatic imine (C=N–C) groups is 1. The SMILES string of the molecule is Cn1cc(NC(=O)CCCOc2cc3c(cc2CO)C(=O)N2CCCC[C@H]2C=N3)cc1C(=O)Cc1ccc(-c2cn(C)c(C(=O)Cc3ccccc3)n2)cc1. The van der Waals surface area contributed by atoms with Gasteiger partial charge in [-0.3, -0.25) is 24.2 Å². The molecule has 2 aromatic heterocycles. The van der Waals surface area contributed by atoms with E-state index in [-0.39, 0.29) is 61.9 Å². The van der Waals surface area contributed by atoms with Crippen molar-refractivity contribution < 1.29 is 29.0 Å². The lowest BCUT2D eigenvalue weighted by Gasteiger charge is -2.32. The number of anilines is 1. The second-order valence-corrected chi connectivity index (χ2v) is 14.1. The van der Waals surface area contributed by atoms with Crippen LogP contribution in [0.15, 0.2) is 90.2 Å². The van der Waals surface area contributed by atoms with E-state index >= 15 is 0 Å². The maximum atomic E-state index is 13.3. The molecule has 3 aromatic carbocycles. The number of Topliss-reactive ketones (excluding diaryl/α,β-unsaturated/α-hetero) is 2. The van der Waals surface area contributed by atoms with Gasteiger partial charge in [-0.15, -0.1) is 0 Å². The van der Waals surface area contributed by atoms with Crippen LogP contribution in [0.3, 0.4) is 0 Å². The molecule has 12 nitrogen and oxygen atoms in total. The molecule has 0 spiro atoms. The highest BCUT2D eigenvalue weighted by Gasteiger charge is 2.31. The Morgan fingerprint density at radius 2 is 1.67 bits per heavy atom. The van der Waals surface area contributed by atoms with Crippen LogP contribution in [0.1, 0.15) is 80.3 Å². The van der Waals surface area contributed by atoms with Gasteiger partial charge in [0.1, 0.15) is 5.75 Å². The number of carbonyl (C=O) groups is 4. The Morgan fingerprint density at radius 3 is 2.45 bits per heavy atom. The predicted octanol–water partition coefficient (Wildman–Crippen LogP) is 6.28. The first-order valence-corrected chi connectivity index (χ1v) is 18.6. The Balaban J connectivity index is 0.900. The summed E-state index contributed by atoms with van der Waals surface area (Å²) in [6.07, 6.45) is 9.29. The minimum atomic E-state index is -0.297. The molecule has 282 valence electrons. The standard InChI is InChI=1S/C43H44N6O6/c1-47-25-32(45-41(53)12-8-18-55-40-23-35-34(21-31(40)27-50)43(54)49-17-7-6-11-33(49)24-44-35)22-37(47)38(51)19-29-13-15-30(16-14-29)36-26-48(2)42(46-36)39(52)20-28-9-4-3-5-10-28/h3-5,9-10,13-16,21-26,33,50H,6-8,11-12,17-20,27H2,1-2H3,(H,45,53)/t33-/m0/s1. The van der Waals surface area contributed by atoms with E-state index in [1.165, 1.54) is 0 Å². The van der Waals surface area contributed by atoms with Crippen LogP contribution in [0.5, 0.6) is 5.75 Å². The number of carbonyl (C=O) groups excluding carboxylic acids is 4. The van der Waals surface area contributed by atoms with Crippen LogP contribution in [0.4, 0.5) is 11.4 Å². The van der Waals surface area contributed by atoms with Crippen molar-refractivity contribution in [1.29, 1.82) is 0 Å². The van der Waals surface area contributed by atoms with Gasteiger partial charge in [0.05, 0.1) is 47.6 Å². The number of ether oxygens (including phenoxy) is 1. The van der Waals surface area contributed by atoms with Crippen LogP contribution in [0.25, 0.3) is 11.3 Å². The van der Waals surface area contributed by atoms with E-state index in [1.807, 2.05) is 79.0 Å². The third kappa shape index (κ3) is 8.49. The van der Waals surface area contributed by atoms with Gasteiger partial charge in [-0.2, -0.15) is 0 Å². The number of aliphatic hydroxyl groups excluding tert-OH is 1. The average molecular weight is 741 g/mol. The molecule has 5 aromatic rings. The maximum absolute atomic E-state index is 13.3. The molecule has 1 atom stereocenters. The summed E-state index contributed by atoms with van der Waals surface area (Å²) in [4.78, 5) is 63.3. The number of amides is 2. The molecular formula is C43H44N6O6. The van der Waals surface area contributed by atoms with Gasteiger partial charge < -0.3 is 29.2 Å². The Morgan fingerprint density at radius 1 is 0.909 bits per heavy atom. The first-order valence-electron chi connectivity index (χ1n) is 18.6. The number of aliphatic hydroxyl groups is 1. The summed E-state index contributed by atoms with van der Waals surface area (Å²) in [5.41, 5.74) is 5.73. The summed E-state index contributed by atoms with van der Waals surface area (Å²) in [5, 5.41) is 12.9. The molecule has 1 fully saturated rings. The highest BCUT2D eigenvalue weighted by molar-refractivity contribution is 6.03. The fourth-order valence-electron chi connectivity index (χ4n) is 7.18. The highest BCUT2D eigenvalue weighted by atomic mass is 16.5. The third-order valence-corrected chi connectivity index (χ3v) is 10.1. The normalized spacial score (nSPS) is 14.9. The fourth-order valence-corrected chi connectivity index (χ4v) is 7.18. The number of imidazole rings is 1. The van der Waals surface area contributed by atoms with E-state index in [9.17, 15) is 24.3 Å². The van der Waals surface area contributed by atoms with Crippen molar-refractivity contribution in [2.24, 2.45) is 19.1 Å². The highest BCUT2D eigenvalue weighted by Crippen LogP contribution is 2.34. The monoisotopic (exact) mass is 740 g/mol. The first kappa shape index (κ1) is 37.2. The van der Waals surface area contributed by atoms with Crippen molar-refractivity contribution in [2.75, 3.05) is 18.5 Å². The van der Waals surface area contributed by atoms with Gasteiger partial charge in [0.15, 0.2) is 11.6 Å². The number of aromatic nitrogens is 3. The number of hydrogen-bond acceptors (Lipinski definition) is 8. The van der Waals surface area contributed by atoms with E-state index in [1.54, 1.807) is 40.6 Å². The summed E-state index contributed by atoms with van der Waals surface area (Å²) >= 11 is 0. The predicted molar refractivity (Wildman–Crippen MR) is 209 cm³/mol. The third-order valence-electron chi connectivity index (χ3n) is 10.1. The lowest BCUT2D eigenvalue weighted by Crippen LogP contribution is -2.43. The Bertz CT molecular complexity index is 2250. The fraction of sp³-hybridized carbons (Fsp3) is 0.302. The van der Waals surface area contributed by atoms with E-state index < -0.39 is 0 Å². The summed E-state index contributed by atoms with van der Waals surface area (Å²) < 4.78 is 9.40. The molecule has 2 amide bonds. The lowest BCUT2D eigenvalue weighted by atomic mass is 10.0. The van der Waals surface area contributed by atoms with E-state index in [0.29, 0.717) is 58.4 Å². The molecule has 0 aliphatic carbocycles. The van der Waals surface area contributed by atoms with Crippen molar-refractivity contribution in [1.82, 2.24) is 19.0 Å². The van der Waals surface area contributed by atoms with Crippen LogP contribution in [0, 0.1) is 0 Å². The number of benzene rings is 3. The van der Waals surface area contributed by atoms with Gasteiger partial charge in [-0.25, -0.2) is 4.98 Å². The van der Waals surface area contributed by atoms with Gasteiger partial charge in [0.2, 0.25) is 11.7 Å². The van der Waals surface area contributed by atoms with Crippen LogP contribution in [-0.4, -0.2) is 72.9 Å². The summed E-state index contributed by atoms with van der Waals surface area (Å²) in [6.45, 7) is 0.613. The second-order valence-electron chi connectivity index (χ2n) is 14.1. The van der Waals surface area contributed by atoms with Crippen molar-refractivity contribution >= 4 is 41.0 Å². The molecule has 55 heavy (non-hydrogen) atoms. The molecular weight excluding hydrogens is 697 g/mol. The minimum Gasteiger partial charge on any atom is -0.493 e. The number of fused-ring (bicyclic) bond motifs is 2. The van der Waals surface area contributed by atoms with Crippen molar-refractivity contribution in [2.45, 2.75) is 57.6 Å². The molecule has 4 heterocycles. The molecule has 0 saturated carbocycles. The van der Waals surface area contributed by atoms with Crippen LogP contribution >= 0.6 is 0 Å². The summed E-state index contributed by atoms with van der Waals surface area (Å²) in [6, 6.07) is 22.1. The Hall–Kier alpha value is -6.14. The van der Waals surface area contributed by atoms with Gasteiger partial charge in [-0.1, -0.05) is 54.6 Å². The zero-order valence-electron chi connectivity index (χ0n) is 31.0. The largest absolute Gasteiger partial charge is 0.493 e. The topological polar surface area (TPSA) is 148 Å². The molecule has 0 unspecified atom stereocenters. The molecule has 0 bridgehead atoms. The summed E-state index contributed by atoms with van der Waals surface area (Å²) in [5.74, 6) is 0.359. The van der Waals surface area contributed by atoms with E-state index in [0.717, 1.165) is 36.0 Å². The number of nitrogens with one attached hydrogen (secondary N) is 1.